The molecule has 1 amide bonds. The van der Waals surface area contributed by atoms with E-state index in [-0.39, 0.29) is 41.4 Å². The zero-order valence-electron chi connectivity index (χ0n) is 17.6. The maximum Gasteiger partial charge on any atom is 0.256 e. The second-order valence-electron chi connectivity index (χ2n) is 8.82. The van der Waals surface area contributed by atoms with Crippen molar-refractivity contribution in [3.8, 4) is 0 Å². The van der Waals surface area contributed by atoms with Gasteiger partial charge in [-0.05, 0) is 38.8 Å². The molecule has 0 aromatic carbocycles. The fourth-order valence-electron chi connectivity index (χ4n) is 5.67. The first kappa shape index (κ1) is 20.8. The SMILES string of the molecule is CCN(CC)CCNC(=O)C1=CN2C3CCCCC3OC3C(F)CCC(C1=O)C32. The molecule has 0 spiro atoms. The molecule has 6 unspecified atom stereocenters. The average Bonchev–Trinajstić information content (AvgIpc) is 2.74. The molecule has 3 fully saturated rings. The van der Waals surface area contributed by atoms with Gasteiger partial charge in [0.05, 0.1) is 23.8 Å². The summed E-state index contributed by atoms with van der Waals surface area (Å²) in [4.78, 5) is 30.4. The van der Waals surface area contributed by atoms with Gasteiger partial charge in [0.15, 0.2) is 5.78 Å². The van der Waals surface area contributed by atoms with E-state index in [0.29, 0.717) is 19.4 Å². The lowest BCUT2D eigenvalue weighted by molar-refractivity contribution is -0.198. The molecule has 2 aliphatic carbocycles. The van der Waals surface area contributed by atoms with E-state index in [9.17, 15) is 14.0 Å². The number of ether oxygens (including phenoxy) is 1. The van der Waals surface area contributed by atoms with E-state index in [4.69, 9.17) is 4.74 Å². The van der Waals surface area contributed by atoms with Crippen LogP contribution in [-0.4, -0.2) is 78.1 Å². The minimum Gasteiger partial charge on any atom is -0.368 e. The Morgan fingerprint density at radius 2 is 2.00 bits per heavy atom. The summed E-state index contributed by atoms with van der Waals surface area (Å²) < 4.78 is 20.9. The minimum absolute atomic E-state index is 0.00145. The first-order chi connectivity index (χ1) is 14.0. The predicted molar refractivity (Wildman–Crippen MR) is 108 cm³/mol. The Morgan fingerprint density at radius 1 is 1.24 bits per heavy atom. The third-order valence-electron chi connectivity index (χ3n) is 7.32. The summed E-state index contributed by atoms with van der Waals surface area (Å²) in [6.45, 7) is 7.33. The molecular weight excluding hydrogens is 373 g/mol. The number of nitrogens with one attached hydrogen (secondary N) is 1. The number of Topliss-reactive ketones (excluding diaryl/α,β-unsaturated/α-hetero) is 1. The van der Waals surface area contributed by atoms with E-state index >= 15 is 0 Å². The highest BCUT2D eigenvalue weighted by Crippen LogP contribution is 2.45. The highest BCUT2D eigenvalue weighted by molar-refractivity contribution is 6.20. The largest absolute Gasteiger partial charge is 0.368 e. The monoisotopic (exact) mass is 407 g/mol. The predicted octanol–water partition coefficient (Wildman–Crippen LogP) is 2.04. The zero-order valence-corrected chi connectivity index (χ0v) is 17.6. The number of likely N-dealkylation sites (N-methyl/N-ethyl adjacent to an activating group) is 1. The standard InChI is InChI=1S/C22H34FN3O3/c1-3-25(4-2)12-11-24-22(28)15-13-26-17-7-5-6-8-18(17)29-21-16(23)10-9-14(19(21)26)20(15)27/h13-14,16-19,21H,3-12H2,1-2H3,(H,24,28). The lowest BCUT2D eigenvalue weighted by Crippen LogP contribution is -2.68. The summed E-state index contributed by atoms with van der Waals surface area (Å²) in [5, 5.41) is 2.93. The maximum absolute atomic E-state index is 14.7. The smallest absolute Gasteiger partial charge is 0.256 e. The third-order valence-corrected chi connectivity index (χ3v) is 7.32. The van der Waals surface area contributed by atoms with Crippen molar-refractivity contribution in [2.75, 3.05) is 26.2 Å². The second-order valence-corrected chi connectivity index (χ2v) is 8.82. The van der Waals surface area contributed by atoms with E-state index in [1.54, 1.807) is 6.20 Å². The van der Waals surface area contributed by atoms with Crippen LogP contribution < -0.4 is 5.32 Å². The van der Waals surface area contributed by atoms with Crippen LogP contribution in [0.1, 0.15) is 52.4 Å². The van der Waals surface area contributed by atoms with Crippen molar-refractivity contribution in [2.45, 2.75) is 82.8 Å². The van der Waals surface area contributed by atoms with Crippen LogP contribution in [0.5, 0.6) is 0 Å². The van der Waals surface area contributed by atoms with Gasteiger partial charge in [0.2, 0.25) is 0 Å². The van der Waals surface area contributed by atoms with E-state index in [1.165, 1.54) is 0 Å². The number of halogens is 1. The Kier molecular flexibility index (Phi) is 6.25. The van der Waals surface area contributed by atoms with Gasteiger partial charge in [-0.15, -0.1) is 0 Å². The van der Waals surface area contributed by atoms with Crippen molar-refractivity contribution in [1.29, 1.82) is 0 Å². The van der Waals surface area contributed by atoms with Crippen molar-refractivity contribution in [1.82, 2.24) is 15.1 Å². The summed E-state index contributed by atoms with van der Waals surface area (Å²) in [5.74, 6) is -0.775. The topological polar surface area (TPSA) is 61.9 Å². The number of hydrogen-bond acceptors (Lipinski definition) is 5. The van der Waals surface area contributed by atoms with Crippen molar-refractivity contribution >= 4 is 11.7 Å². The van der Waals surface area contributed by atoms with Gasteiger partial charge in [-0.1, -0.05) is 26.7 Å². The van der Waals surface area contributed by atoms with Crippen LogP contribution in [0.3, 0.4) is 0 Å². The van der Waals surface area contributed by atoms with Gasteiger partial charge in [0.25, 0.3) is 5.91 Å². The lowest BCUT2D eigenvalue weighted by atomic mass is 9.71. The van der Waals surface area contributed by atoms with Crippen LogP contribution in [0.15, 0.2) is 11.8 Å². The number of carbonyl (C=O) groups excluding carboxylic acids is 2. The molecule has 2 heterocycles. The summed E-state index contributed by atoms with van der Waals surface area (Å²) >= 11 is 0. The molecular formula is C22H34FN3O3. The van der Waals surface area contributed by atoms with Gasteiger partial charge in [0, 0.05) is 25.2 Å². The molecule has 2 aliphatic heterocycles. The highest BCUT2D eigenvalue weighted by Gasteiger charge is 2.55. The molecule has 4 aliphatic rings. The summed E-state index contributed by atoms with van der Waals surface area (Å²) in [7, 11) is 0. The summed E-state index contributed by atoms with van der Waals surface area (Å²) in [6, 6.07) is -0.123. The van der Waals surface area contributed by atoms with Crippen LogP contribution in [-0.2, 0) is 14.3 Å². The fourth-order valence-corrected chi connectivity index (χ4v) is 5.67. The van der Waals surface area contributed by atoms with Crippen LogP contribution in [0, 0.1) is 5.92 Å². The lowest BCUT2D eigenvalue weighted by Gasteiger charge is -2.57. The zero-order chi connectivity index (χ0) is 20.5. The fraction of sp³-hybridized carbons (Fsp3) is 0.818. The molecule has 2 saturated carbocycles. The van der Waals surface area contributed by atoms with Crippen LogP contribution >= 0.6 is 0 Å². The number of amides is 1. The second kappa shape index (κ2) is 8.72. The molecule has 7 heteroatoms. The van der Waals surface area contributed by atoms with Crippen LogP contribution in [0.2, 0.25) is 0 Å². The minimum atomic E-state index is -1.03. The Bertz CT molecular complexity index is 666. The molecule has 1 N–H and O–H groups in total. The Morgan fingerprint density at radius 3 is 2.76 bits per heavy atom. The van der Waals surface area contributed by atoms with Gasteiger partial charge in [-0.25, -0.2) is 4.39 Å². The molecule has 0 aromatic rings. The quantitative estimate of drug-likeness (QED) is 0.683. The maximum atomic E-state index is 14.7. The van der Waals surface area contributed by atoms with E-state index in [0.717, 1.165) is 45.3 Å². The normalized spacial score (nSPS) is 36.3. The first-order valence-corrected chi connectivity index (χ1v) is 11.4. The van der Waals surface area contributed by atoms with Crippen LogP contribution in [0.25, 0.3) is 0 Å². The molecule has 6 atom stereocenters. The Labute approximate surface area is 172 Å². The van der Waals surface area contributed by atoms with Crippen molar-refractivity contribution in [3.05, 3.63) is 11.8 Å². The average molecular weight is 408 g/mol. The Hall–Kier alpha value is -1.47. The molecule has 162 valence electrons. The molecule has 0 bridgehead atoms. The number of morpholine rings is 1. The van der Waals surface area contributed by atoms with E-state index < -0.39 is 12.3 Å². The van der Waals surface area contributed by atoms with E-state index in [1.807, 2.05) is 0 Å². The number of alkyl halides is 1. The molecule has 0 aromatic heterocycles. The van der Waals surface area contributed by atoms with Gasteiger partial charge < -0.3 is 19.9 Å². The molecule has 0 radical (unpaired) electrons. The van der Waals surface area contributed by atoms with Gasteiger partial charge in [-0.3, -0.25) is 9.59 Å². The molecule has 4 rings (SSSR count). The van der Waals surface area contributed by atoms with E-state index in [2.05, 4.69) is 29.0 Å². The van der Waals surface area contributed by atoms with Crippen molar-refractivity contribution in [2.24, 2.45) is 5.92 Å². The number of hydrogen-bond donors (Lipinski definition) is 1. The third kappa shape index (κ3) is 3.83. The molecule has 1 saturated heterocycles. The van der Waals surface area contributed by atoms with Crippen molar-refractivity contribution < 1.29 is 18.7 Å². The summed E-state index contributed by atoms with van der Waals surface area (Å²) in [5.41, 5.74) is 0.244. The van der Waals surface area contributed by atoms with Crippen LogP contribution in [0.4, 0.5) is 4.39 Å². The number of ketones is 1. The number of rotatable bonds is 6. The molecule has 6 nitrogen and oxygen atoms in total. The number of nitrogens with zero attached hydrogens (tertiary/aromatic N) is 2. The van der Waals surface area contributed by atoms with Gasteiger partial charge in [-0.2, -0.15) is 0 Å². The van der Waals surface area contributed by atoms with Gasteiger partial charge >= 0.3 is 0 Å². The summed E-state index contributed by atoms with van der Waals surface area (Å²) in [6.07, 6.45) is 5.07. The van der Waals surface area contributed by atoms with Gasteiger partial charge in [0.1, 0.15) is 12.3 Å². The molecule has 29 heavy (non-hydrogen) atoms. The Balaban J connectivity index is 1.55. The number of carbonyl (C=O) groups is 2. The first-order valence-electron chi connectivity index (χ1n) is 11.4. The highest BCUT2D eigenvalue weighted by atomic mass is 19.1. The number of fused-ring (bicyclic) bond motifs is 2. The van der Waals surface area contributed by atoms with Crippen molar-refractivity contribution in [3.63, 3.8) is 0 Å².